The van der Waals surface area contributed by atoms with E-state index in [0.29, 0.717) is 17.9 Å². The summed E-state index contributed by atoms with van der Waals surface area (Å²) in [7, 11) is -2.17. The van der Waals surface area contributed by atoms with Gasteiger partial charge in [0, 0.05) is 6.07 Å². The van der Waals surface area contributed by atoms with Crippen molar-refractivity contribution in [1.82, 2.24) is 5.32 Å². The monoisotopic (exact) mass is 390 g/mol. The van der Waals surface area contributed by atoms with Crippen molar-refractivity contribution in [2.75, 3.05) is 17.7 Å². The molecule has 0 fully saturated rings. The van der Waals surface area contributed by atoms with Crippen LogP contribution in [0.5, 0.6) is 5.75 Å². The molecule has 2 aromatic carbocycles. The molecule has 2 aromatic rings. The molecule has 2 atom stereocenters. The van der Waals surface area contributed by atoms with E-state index in [0.717, 1.165) is 16.1 Å². The number of hydrogen-bond donors (Lipinski definition) is 1. The predicted molar refractivity (Wildman–Crippen MR) is 107 cm³/mol. The number of carbonyl (C=O) groups is 1. The lowest BCUT2D eigenvalue weighted by Crippen LogP contribution is -2.49. The topological polar surface area (TPSA) is 75.7 Å². The normalized spacial score (nSPS) is 13.5. The number of nitrogens with one attached hydrogen (secondary N) is 1. The van der Waals surface area contributed by atoms with Crippen LogP contribution in [-0.4, -0.2) is 33.7 Å². The van der Waals surface area contributed by atoms with Crippen molar-refractivity contribution in [1.29, 1.82) is 0 Å². The Morgan fingerprint density at radius 2 is 1.81 bits per heavy atom. The molecule has 0 radical (unpaired) electrons. The zero-order valence-corrected chi connectivity index (χ0v) is 16.9. The van der Waals surface area contributed by atoms with Gasteiger partial charge in [0.25, 0.3) is 0 Å². The number of methoxy groups -OCH3 is 1. The summed E-state index contributed by atoms with van der Waals surface area (Å²) in [6.07, 6.45) is 1.43. The lowest BCUT2D eigenvalue weighted by atomic mass is 10.1. The summed E-state index contributed by atoms with van der Waals surface area (Å²) in [6.45, 7) is 3.66. The number of sulfonamides is 1. The minimum atomic E-state index is -3.68. The largest absolute Gasteiger partial charge is 0.497 e. The van der Waals surface area contributed by atoms with E-state index in [-0.39, 0.29) is 11.9 Å². The van der Waals surface area contributed by atoms with Gasteiger partial charge < -0.3 is 10.1 Å². The number of amides is 1. The van der Waals surface area contributed by atoms with Gasteiger partial charge in [-0.25, -0.2) is 8.42 Å². The first-order valence-electron chi connectivity index (χ1n) is 8.76. The average Bonchev–Trinajstić information content (AvgIpc) is 2.65. The standard InChI is InChI=1S/C20H26N2O4S/c1-5-19(20(23)21-15(2)16-10-7-6-8-11-16)22(27(4,24)25)17-12-9-13-18(14-17)26-3/h6-15,19H,5H2,1-4H3,(H,21,23)/t15-,19?/m1/s1. The zero-order valence-electron chi connectivity index (χ0n) is 16.0. The number of ether oxygens (including phenoxy) is 1. The molecule has 0 aliphatic heterocycles. The van der Waals surface area contributed by atoms with E-state index in [9.17, 15) is 13.2 Å². The van der Waals surface area contributed by atoms with Gasteiger partial charge >= 0.3 is 0 Å². The molecule has 0 heterocycles. The fraction of sp³-hybridized carbons (Fsp3) is 0.350. The first kappa shape index (κ1) is 20.8. The molecule has 0 saturated heterocycles. The Bertz CT molecular complexity index is 869. The quantitative estimate of drug-likeness (QED) is 0.751. The van der Waals surface area contributed by atoms with E-state index in [4.69, 9.17) is 4.74 Å². The Hall–Kier alpha value is -2.54. The summed E-state index contributed by atoms with van der Waals surface area (Å²) >= 11 is 0. The van der Waals surface area contributed by atoms with Gasteiger partial charge in [-0.1, -0.05) is 43.3 Å². The molecule has 0 aliphatic carbocycles. The highest BCUT2D eigenvalue weighted by atomic mass is 32.2. The molecular weight excluding hydrogens is 364 g/mol. The van der Waals surface area contributed by atoms with E-state index >= 15 is 0 Å². The van der Waals surface area contributed by atoms with Crippen LogP contribution in [0.25, 0.3) is 0 Å². The summed E-state index contributed by atoms with van der Waals surface area (Å²) in [4.78, 5) is 12.9. The molecule has 0 saturated carbocycles. The molecule has 7 heteroatoms. The maximum Gasteiger partial charge on any atom is 0.244 e. The maximum absolute atomic E-state index is 12.9. The number of hydrogen-bond acceptors (Lipinski definition) is 4. The Labute approximate surface area is 161 Å². The zero-order chi connectivity index (χ0) is 20.0. The highest BCUT2D eigenvalue weighted by Gasteiger charge is 2.32. The third-order valence-corrected chi connectivity index (χ3v) is 5.48. The van der Waals surface area contributed by atoms with Gasteiger partial charge in [-0.05, 0) is 31.0 Å². The number of benzene rings is 2. The molecule has 2 rings (SSSR count). The Morgan fingerprint density at radius 1 is 1.15 bits per heavy atom. The predicted octanol–water partition coefficient (Wildman–Crippen LogP) is 3.12. The van der Waals surface area contributed by atoms with E-state index in [2.05, 4.69) is 5.32 Å². The summed E-state index contributed by atoms with van der Waals surface area (Å²) in [5.74, 6) is 0.177. The maximum atomic E-state index is 12.9. The molecule has 1 unspecified atom stereocenters. The first-order valence-corrected chi connectivity index (χ1v) is 10.6. The summed E-state index contributed by atoms with van der Waals surface area (Å²) < 4.78 is 31.3. The van der Waals surface area contributed by atoms with Crippen LogP contribution in [0.3, 0.4) is 0 Å². The Kier molecular flexibility index (Phi) is 6.85. The van der Waals surface area contributed by atoms with Gasteiger partial charge in [-0.15, -0.1) is 0 Å². The number of anilines is 1. The summed E-state index contributed by atoms with van der Waals surface area (Å²) in [5, 5.41) is 2.92. The van der Waals surface area contributed by atoms with Crippen molar-refractivity contribution in [3.63, 3.8) is 0 Å². The molecule has 1 amide bonds. The van der Waals surface area contributed by atoms with E-state index in [1.165, 1.54) is 7.11 Å². The molecule has 146 valence electrons. The van der Waals surface area contributed by atoms with Gasteiger partial charge in [0.15, 0.2) is 0 Å². The smallest absolute Gasteiger partial charge is 0.244 e. The SMILES string of the molecule is CCC(C(=O)N[C@H](C)c1ccccc1)N(c1cccc(OC)c1)S(C)(=O)=O. The van der Waals surface area contributed by atoms with Crippen LogP contribution in [-0.2, 0) is 14.8 Å². The lowest BCUT2D eigenvalue weighted by Gasteiger charge is -2.31. The lowest BCUT2D eigenvalue weighted by molar-refractivity contribution is -0.122. The molecule has 0 bridgehead atoms. The van der Waals surface area contributed by atoms with Gasteiger partial charge in [0.1, 0.15) is 11.8 Å². The minimum absolute atomic E-state index is 0.237. The van der Waals surface area contributed by atoms with E-state index < -0.39 is 16.1 Å². The van der Waals surface area contributed by atoms with Crippen LogP contribution < -0.4 is 14.4 Å². The van der Waals surface area contributed by atoms with Crippen molar-refractivity contribution in [2.24, 2.45) is 0 Å². The first-order chi connectivity index (χ1) is 12.8. The minimum Gasteiger partial charge on any atom is -0.497 e. The fourth-order valence-electron chi connectivity index (χ4n) is 2.94. The molecule has 27 heavy (non-hydrogen) atoms. The van der Waals surface area contributed by atoms with Crippen molar-refractivity contribution < 1.29 is 17.9 Å². The van der Waals surface area contributed by atoms with Crippen LogP contribution in [0, 0.1) is 0 Å². The van der Waals surface area contributed by atoms with Crippen LogP contribution in [0.4, 0.5) is 5.69 Å². The average molecular weight is 391 g/mol. The van der Waals surface area contributed by atoms with Crippen LogP contribution in [0.1, 0.15) is 31.9 Å². The number of nitrogens with zero attached hydrogens (tertiary/aromatic N) is 1. The van der Waals surface area contributed by atoms with Gasteiger partial charge in [-0.3, -0.25) is 9.10 Å². The highest BCUT2D eigenvalue weighted by molar-refractivity contribution is 7.92. The summed E-state index contributed by atoms with van der Waals surface area (Å²) in [6, 6.07) is 15.1. The van der Waals surface area contributed by atoms with Crippen LogP contribution in [0.15, 0.2) is 54.6 Å². The molecule has 0 aliphatic rings. The second-order valence-electron chi connectivity index (χ2n) is 6.33. The van der Waals surface area contributed by atoms with Crippen molar-refractivity contribution in [3.8, 4) is 5.75 Å². The van der Waals surface area contributed by atoms with Crippen molar-refractivity contribution in [2.45, 2.75) is 32.4 Å². The highest BCUT2D eigenvalue weighted by Crippen LogP contribution is 2.26. The van der Waals surface area contributed by atoms with Crippen molar-refractivity contribution in [3.05, 3.63) is 60.2 Å². The molecule has 1 N–H and O–H groups in total. The van der Waals surface area contributed by atoms with Gasteiger partial charge in [0.2, 0.25) is 15.9 Å². The second kappa shape index (κ2) is 8.90. The van der Waals surface area contributed by atoms with Crippen LogP contribution >= 0.6 is 0 Å². The second-order valence-corrected chi connectivity index (χ2v) is 8.18. The van der Waals surface area contributed by atoms with Crippen LogP contribution in [0.2, 0.25) is 0 Å². The Morgan fingerprint density at radius 3 is 2.37 bits per heavy atom. The Balaban J connectivity index is 2.33. The number of carbonyl (C=O) groups excluding carboxylic acids is 1. The van der Waals surface area contributed by atoms with Gasteiger partial charge in [-0.2, -0.15) is 0 Å². The molecular formula is C20H26N2O4S. The molecule has 6 nitrogen and oxygen atoms in total. The molecule has 0 aromatic heterocycles. The molecule has 0 spiro atoms. The third kappa shape index (κ3) is 5.23. The fourth-order valence-corrected chi connectivity index (χ4v) is 4.15. The van der Waals surface area contributed by atoms with Gasteiger partial charge in [0.05, 0.1) is 25.1 Å². The number of rotatable bonds is 8. The van der Waals surface area contributed by atoms with E-state index in [1.54, 1.807) is 31.2 Å². The van der Waals surface area contributed by atoms with E-state index in [1.807, 2.05) is 37.3 Å². The van der Waals surface area contributed by atoms with Crippen molar-refractivity contribution >= 4 is 21.6 Å². The third-order valence-electron chi connectivity index (χ3n) is 4.30. The summed E-state index contributed by atoms with van der Waals surface area (Å²) in [5.41, 5.74) is 1.35.